The van der Waals surface area contributed by atoms with E-state index in [9.17, 15) is 20.0 Å². The number of benzene rings is 1. The second-order valence-electron chi connectivity index (χ2n) is 4.26. The van der Waals surface area contributed by atoms with Crippen LogP contribution in [0.1, 0.15) is 30.9 Å². The quantitative estimate of drug-likeness (QED) is 0.628. The topological polar surface area (TPSA) is 95.3 Å². The molecule has 0 heterocycles. The number of hydrogen-bond acceptors (Lipinski definition) is 4. The standard InChI is InChI=1S/C12H16N2O4/c1-8(2)10-4-3-9(5-6-13-12(15)16)11(7-10)14(17)18/h3-4,7-8,13H,5-6H2,1-2H3,(H,15,16)/p-1. The molecule has 1 N–H and O–H groups in total. The monoisotopic (exact) mass is 251 g/mol. The average Bonchev–Trinajstić information content (AvgIpc) is 2.28. The van der Waals surface area contributed by atoms with Crippen molar-refractivity contribution < 1.29 is 14.8 Å². The highest BCUT2D eigenvalue weighted by molar-refractivity contribution is 5.61. The van der Waals surface area contributed by atoms with Crippen molar-refractivity contribution in [1.82, 2.24) is 5.32 Å². The number of amides is 1. The lowest BCUT2D eigenvalue weighted by Crippen LogP contribution is -2.37. The van der Waals surface area contributed by atoms with Crippen molar-refractivity contribution in [3.63, 3.8) is 0 Å². The Hall–Kier alpha value is -2.11. The van der Waals surface area contributed by atoms with Gasteiger partial charge in [-0.3, -0.25) is 10.1 Å². The average molecular weight is 251 g/mol. The number of nitro groups is 1. The Kier molecular flexibility index (Phi) is 4.65. The first kappa shape index (κ1) is 14.0. The Labute approximate surface area is 105 Å². The largest absolute Gasteiger partial charge is 0.530 e. The molecule has 1 aromatic rings. The summed E-state index contributed by atoms with van der Waals surface area (Å²) in [5.41, 5.74) is 1.43. The van der Waals surface area contributed by atoms with Crippen molar-refractivity contribution >= 4 is 11.8 Å². The minimum Gasteiger partial charge on any atom is -0.530 e. The molecule has 0 atom stereocenters. The van der Waals surface area contributed by atoms with Crippen molar-refractivity contribution in [1.29, 1.82) is 0 Å². The zero-order chi connectivity index (χ0) is 13.7. The molecule has 6 heteroatoms. The SMILES string of the molecule is CC(C)c1ccc(CCNC(=O)[O-])c([N+](=O)[O-])c1. The van der Waals surface area contributed by atoms with E-state index in [1.54, 1.807) is 12.1 Å². The fourth-order valence-electron chi connectivity index (χ4n) is 1.62. The van der Waals surface area contributed by atoms with Crippen LogP contribution >= 0.6 is 0 Å². The number of nitrogens with zero attached hydrogens (tertiary/aromatic N) is 1. The number of nitrogens with one attached hydrogen (secondary N) is 1. The van der Waals surface area contributed by atoms with Crippen molar-refractivity contribution in [3.8, 4) is 0 Å². The lowest BCUT2D eigenvalue weighted by Gasteiger charge is -2.09. The lowest BCUT2D eigenvalue weighted by molar-refractivity contribution is -0.385. The van der Waals surface area contributed by atoms with Gasteiger partial charge in [-0.1, -0.05) is 26.0 Å². The molecule has 0 aliphatic rings. The maximum atomic E-state index is 11.0. The van der Waals surface area contributed by atoms with Crippen molar-refractivity contribution in [2.45, 2.75) is 26.2 Å². The molecule has 0 aliphatic carbocycles. The number of carbonyl (C=O) groups is 1. The van der Waals surface area contributed by atoms with Gasteiger partial charge in [0.25, 0.3) is 5.69 Å². The number of carboxylic acid groups (broad SMARTS) is 1. The molecule has 0 aliphatic heterocycles. The second kappa shape index (κ2) is 6.00. The minimum atomic E-state index is -1.38. The molecule has 0 saturated carbocycles. The number of carbonyl (C=O) groups excluding carboxylic acids is 1. The zero-order valence-electron chi connectivity index (χ0n) is 10.3. The molecule has 0 fully saturated rings. The van der Waals surface area contributed by atoms with Crippen molar-refractivity contribution in [2.75, 3.05) is 6.54 Å². The summed E-state index contributed by atoms with van der Waals surface area (Å²) in [6, 6.07) is 5.04. The number of rotatable bonds is 5. The summed E-state index contributed by atoms with van der Waals surface area (Å²) in [5, 5.41) is 23.2. The van der Waals surface area contributed by atoms with Crippen LogP contribution in [0.4, 0.5) is 10.5 Å². The number of nitro benzene ring substituents is 1. The Balaban J connectivity index is 2.90. The predicted octanol–water partition coefficient (Wildman–Crippen LogP) is 1.19. The summed E-state index contributed by atoms with van der Waals surface area (Å²) in [4.78, 5) is 20.7. The molecule has 0 unspecified atom stereocenters. The first-order valence-electron chi connectivity index (χ1n) is 5.64. The van der Waals surface area contributed by atoms with Gasteiger partial charge in [0.2, 0.25) is 0 Å². The highest BCUT2D eigenvalue weighted by Gasteiger charge is 2.15. The van der Waals surface area contributed by atoms with Gasteiger partial charge in [-0.05, 0) is 17.9 Å². The second-order valence-corrected chi connectivity index (χ2v) is 4.26. The van der Waals surface area contributed by atoms with Gasteiger partial charge in [-0.2, -0.15) is 0 Å². The molecule has 0 spiro atoms. The summed E-state index contributed by atoms with van der Waals surface area (Å²) in [7, 11) is 0. The Bertz CT molecular complexity index is 457. The summed E-state index contributed by atoms with van der Waals surface area (Å²) in [6.45, 7) is 4.01. The zero-order valence-corrected chi connectivity index (χ0v) is 10.3. The van der Waals surface area contributed by atoms with E-state index in [2.05, 4.69) is 5.32 Å². The molecule has 18 heavy (non-hydrogen) atoms. The van der Waals surface area contributed by atoms with Gasteiger partial charge >= 0.3 is 0 Å². The summed E-state index contributed by atoms with van der Waals surface area (Å²) >= 11 is 0. The molecule has 1 rings (SSSR count). The van der Waals surface area contributed by atoms with E-state index < -0.39 is 11.0 Å². The van der Waals surface area contributed by atoms with Crippen LogP contribution in [-0.2, 0) is 6.42 Å². The van der Waals surface area contributed by atoms with Gasteiger partial charge in [-0.15, -0.1) is 0 Å². The van der Waals surface area contributed by atoms with Crippen LogP contribution in [0.15, 0.2) is 18.2 Å². The van der Waals surface area contributed by atoms with Gasteiger partial charge < -0.3 is 15.2 Å². The van der Waals surface area contributed by atoms with Crippen LogP contribution in [0.2, 0.25) is 0 Å². The normalized spacial score (nSPS) is 10.4. The maximum Gasteiger partial charge on any atom is 0.272 e. The molecular weight excluding hydrogens is 236 g/mol. The Morgan fingerprint density at radius 1 is 1.44 bits per heavy atom. The predicted molar refractivity (Wildman–Crippen MR) is 64.3 cm³/mol. The minimum absolute atomic E-state index is 0.0290. The van der Waals surface area contributed by atoms with Gasteiger partial charge in [0.15, 0.2) is 0 Å². The molecule has 1 amide bonds. The summed E-state index contributed by atoms with van der Waals surface area (Å²) in [6.07, 6.45) is -1.11. The van der Waals surface area contributed by atoms with Gasteiger partial charge in [-0.25, -0.2) is 0 Å². The maximum absolute atomic E-state index is 11.0. The molecule has 6 nitrogen and oxygen atoms in total. The number of hydrogen-bond donors (Lipinski definition) is 1. The van der Waals surface area contributed by atoms with Crippen LogP contribution in [0.3, 0.4) is 0 Å². The third-order valence-corrected chi connectivity index (χ3v) is 2.64. The molecule has 1 aromatic carbocycles. The molecule has 0 aromatic heterocycles. The first-order valence-corrected chi connectivity index (χ1v) is 5.64. The summed E-state index contributed by atoms with van der Waals surface area (Å²) < 4.78 is 0. The van der Waals surface area contributed by atoms with E-state index in [1.165, 1.54) is 0 Å². The van der Waals surface area contributed by atoms with Crippen LogP contribution in [0.5, 0.6) is 0 Å². The van der Waals surface area contributed by atoms with Gasteiger partial charge in [0.1, 0.15) is 6.09 Å². The third kappa shape index (κ3) is 3.73. The van der Waals surface area contributed by atoms with Crippen molar-refractivity contribution in [3.05, 3.63) is 39.4 Å². The smallest absolute Gasteiger partial charge is 0.272 e. The molecule has 0 bridgehead atoms. The van der Waals surface area contributed by atoms with E-state index in [0.29, 0.717) is 5.56 Å². The molecule has 98 valence electrons. The lowest BCUT2D eigenvalue weighted by atomic mass is 9.99. The van der Waals surface area contributed by atoms with E-state index in [4.69, 9.17) is 0 Å². The fraction of sp³-hybridized carbons (Fsp3) is 0.417. The highest BCUT2D eigenvalue weighted by Crippen LogP contribution is 2.24. The molecule has 0 saturated heterocycles. The van der Waals surface area contributed by atoms with Gasteiger partial charge in [0.05, 0.1) is 4.92 Å². The van der Waals surface area contributed by atoms with Crippen LogP contribution in [0, 0.1) is 10.1 Å². The molecular formula is C12H15N2O4-. The van der Waals surface area contributed by atoms with E-state index in [-0.39, 0.29) is 24.6 Å². The first-order chi connectivity index (χ1) is 8.41. The van der Waals surface area contributed by atoms with Gasteiger partial charge in [0, 0.05) is 18.2 Å². The van der Waals surface area contributed by atoms with Crippen LogP contribution in [0.25, 0.3) is 0 Å². The van der Waals surface area contributed by atoms with E-state index in [0.717, 1.165) is 5.56 Å². The fourth-order valence-corrected chi connectivity index (χ4v) is 1.62. The Morgan fingerprint density at radius 2 is 2.11 bits per heavy atom. The van der Waals surface area contributed by atoms with E-state index >= 15 is 0 Å². The third-order valence-electron chi connectivity index (χ3n) is 2.64. The highest BCUT2D eigenvalue weighted by atomic mass is 16.6. The van der Waals surface area contributed by atoms with Crippen molar-refractivity contribution in [2.24, 2.45) is 0 Å². The summed E-state index contributed by atoms with van der Waals surface area (Å²) in [5.74, 6) is 0.207. The van der Waals surface area contributed by atoms with Crippen LogP contribution < -0.4 is 10.4 Å². The Morgan fingerprint density at radius 3 is 2.61 bits per heavy atom. The van der Waals surface area contributed by atoms with E-state index in [1.807, 2.05) is 19.9 Å². The van der Waals surface area contributed by atoms with Crippen LogP contribution in [-0.4, -0.2) is 17.6 Å². The molecule has 0 radical (unpaired) electrons.